The minimum absolute atomic E-state index is 0.249. The van der Waals surface area contributed by atoms with Gasteiger partial charge < -0.3 is 5.73 Å². The molecule has 11 heavy (non-hydrogen) atoms. The zero-order valence-electron chi connectivity index (χ0n) is 6.55. The Hall–Kier alpha value is -0.340. The van der Waals surface area contributed by atoms with Gasteiger partial charge in [-0.15, -0.1) is 0 Å². The molecule has 1 atom stereocenters. The van der Waals surface area contributed by atoms with Gasteiger partial charge in [-0.05, 0) is 12.5 Å². The molecule has 2 heteroatoms. The van der Waals surface area contributed by atoms with Crippen LogP contribution >= 0.6 is 15.9 Å². The summed E-state index contributed by atoms with van der Waals surface area (Å²) in [5, 5.41) is 0.782. The predicted molar refractivity (Wildman–Crippen MR) is 51.8 cm³/mol. The lowest BCUT2D eigenvalue weighted by Gasteiger charge is -2.21. The summed E-state index contributed by atoms with van der Waals surface area (Å²) < 4.78 is 0. The Morgan fingerprint density at radius 3 is 2.36 bits per heavy atom. The highest BCUT2D eigenvalue weighted by molar-refractivity contribution is 9.09. The number of rotatable bonds is 2. The zero-order chi connectivity index (χ0) is 8.32. The Bertz CT molecular complexity index is 218. The molecule has 0 bridgehead atoms. The summed E-state index contributed by atoms with van der Waals surface area (Å²) in [4.78, 5) is 0. The summed E-state index contributed by atoms with van der Waals surface area (Å²) in [5.41, 5.74) is 6.91. The highest BCUT2D eigenvalue weighted by Gasteiger charge is 2.18. The maximum Gasteiger partial charge on any atom is 0.0479 e. The lowest BCUT2D eigenvalue weighted by atomic mass is 9.96. The maximum absolute atomic E-state index is 5.99. The van der Waals surface area contributed by atoms with E-state index < -0.39 is 0 Å². The van der Waals surface area contributed by atoms with Crippen molar-refractivity contribution in [1.29, 1.82) is 0 Å². The van der Waals surface area contributed by atoms with E-state index in [1.807, 2.05) is 37.3 Å². The molecule has 1 aromatic rings. The average molecular weight is 214 g/mol. The summed E-state index contributed by atoms with van der Waals surface area (Å²) >= 11 is 3.38. The Morgan fingerprint density at radius 1 is 1.36 bits per heavy atom. The fourth-order valence-electron chi connectivity index (χ4n) is 0.896. The molecule has 1 unspecified atom stereocenters. The summed E-state index contributed by atoms with van der Waals surface area (Å²) in [5.74, 6) is 0. The Morgan fingerprint density at radius 2 is 1.91 bits per heavy atom. The number of hydrogen-bond donors (Lipinski definition) is 1. The molecule has 1 nitrogen and oxygen atoms in total. The van der Waals surface area contributed by atoms with Crippen molar-refractivity contribution >= 4 is 15.9 Å². The molecule has 0 aliphatic heterocycles. The van der Waals surface area contributed by atoms with Crippen LogP contribution in [-0.4, -0.2) is 5.33 Å². The highest BCUT2D eigenvalue weighted by atomic mass is 79.9. The molecule has 0 heterocycles. The number of alkyl halides is 1. The molecule has 1 aromatic carbocycles. The second-order valence-corrected chi connectivity index (χ2v) is 3.48. The van der Waals surface area contributed by atoms with E-state index >= 15 is 0 Å². The van der Waals surface area contributed by atoms with Crippen molar-refractivity contribution in [2.45, 2.75) is 12.5 Å². The summed E-state index contributed by atoms with van der Waals surface area (Å²) in [6, 6.07) is 10.1. The molecule has 0 aliphatic rings. The molecule has 0 spiro atoms. The van der Waals surface area contributed by atoms with Crippen molar-refractivity contribution in [2.24, 2.45) is 5.73 Å². The van der Waals surface area contributed by atoms with Gasteiger partial charge in [-0.3, -0.25) is 0 Å². The lowest BCUT2D eigenvalue weighted by molar-refractivity contribution is 0.570. The van der Waals surface area contributed by atoms with Crippen LogP contribution in [-0.2, 0) is 5.54 Å². The van der Waals surface area contributed by atoms with Crippen LogP contribution in [0.15, 0.2) is 30.3 Å². The van der Waals surface area contributed by atoms with Crippen molar-refractivity contribution in [3.8, 4) is 0 Å². The second kappa shape index (κ2) is 3.37. The van der Waals surface area contributed by atoms with Crippen molar-refractivity contribution in [3.05, 3.63) is 35.9 Å². The molecule has 2 N–H and O–H groups in total. The van der Waals surface area contributed by atoms with E-state index in [0.717, 1.165) is 10.9 Å². The molecule has 0 fully saturated rings. The predicted octanol–water partition coefficient (Wildman–Crippen LogP) is 2.26. The van der Waals surface area contributed by atoms with Crippen LogP contribution in [0, 0.1) is 0 Å². The first-order valence-electron chi connectivity index (χ1n) is 3.57. The number of hydrogen-bond acceptors (Lipinski definition) is 1. The largest absolute Gasteiger partial charge is 0.321 e. The topological polar surface area (TPSA) is 26.0 Å². The summed E-state index contributed by atoms with van der Waals surface area (Å²) in [7, 11) is 0. The molecule has 0 aliphatic carbocycles. The normalized spacial score (nSPS) is 15.9. The molecule has 0 radical (unpaired) electrons. The van der Waals surface area contributed by atoms with Crippen LogP contribution < -0.4 is 5.73 Å². The first kappa shape index (κ1) is 8.75. The van der Waals surface area contributed by atoms with Crippen molar-refractivity contribution in [3.63, 3.8) is 0 Å². The van der Waals surface area contributed by atoms with Crippen molar-refractivity contribution in [2.75, 3.05) is 5.33 Å². The Labute approximate surface area is 75.7 Å². The van der Waals surface area contributed by atoms with Crippen LogP contribution in [0.4, 0.5) is 0 Å². The number of nitrogens with two attached hydrogens (primary N) is 1. The molecular weight excluding hydrogens is 202 g/mol. The molecule has 1 rings (SSSR count). The molecule has 0 saturated carbocycles. The Balaban J connectivity index is 2.93. The van der Waals surface area contributed by atoms with E-state index in [1.165, 1.54) is 0 Å². The van der Waals surface area contributed by atoms with Crippen molar-refractivity contribution < 1.29 is 0 Å². The smallest absolute Gasteiger partial charge is 0.0479 e. The number of halogens is 1. The number of benzene rings is 1. The van der Waals surface area contributed by atoms with Crippen molar-refractivity contribution in [1.82, 2.24) is 0 Å². The molecule has 0 aromatic heterocycles. The van der Waals surface area contributed by atoms with Gasteiger partial charge >= 0.3 is 0 Å². The second-order valence-electron chi connectivity index (χ2n) is 2.92. The third-order valence-electron chi connectivity index (χ3n) is 1.71. The first-order chi connectivity index (χ1) is 5.17. The van der Waals surface area contributed by atoms with Gasteiger partial charge in [0.15, 0.2) is 0 Å². The van der Waals surface area contributed by atoms with Crippen LogP contribution in [0.5, 0.6) is 0 Å². The van der Waals surface area contributed by atoms with E-state index in [1.54, 1.807) is 0 Å². The van der Waals surface area contributed by atoms with Crippen LogP contribution in [0.2, 0.25) is 0 Å². The molecule has 60 valence electrons. The fraction of sp³-hybridized carbons (Fsp3) is 0.333. The van der Waals surface area contributed by atoms with Crippen LogP contribution in [0.25, 0.3) is 0 Å². The highest BCUT2D eigenvalue weighted by Crippen LogP contribution is 2.18. The standard InChI is InChI=1S/C9H12BrN/c1-9(11,7-10)8-5-3-2-4-6-8/h2-6H,7,11H2,1H3. The van der Waals surface area contributed by atoms with Gasteiger partial charge in [0.05, 0.1) is 0 Å². The van der Waals surface area contributed by atoms with Gasteiger partial charge in [-0.2, -0.15) is 0 Å². The third-order valence-corrected chi connectivity index (χ3v) is 2.88. The maximum atomic E-state index is 5.99. The minimum atomic E-state index is -0.249. The van der Waals surface area contributed by atoms with E-state index in [9.17, 15) is 0 Å². The van der Waals surface area contributed by atoms with E-state index in [2.05, 4.69) is 15.9 Å². The van der Waals surface area contributed by atoms with Crippen LogP contribution in [0.1, 0.15) is 12.5 Å². The summed E-state index contributed by atoms with van der Waals surface area (Å²) in [6.07, 6.45) is 0. The van der Waals surface area contributed by atoms with E-state index in [4.69, 9.17) is 5.73 Å². The van der Waals surface area contributed by atoms with E-state index in [-0.39, 0.29) is 5.54 Å². The Kier molecular flexibility index (Phi) is 2.68. The van der Waals surface area contributed by atoms with Gasteiger partial charge in [0.25, 0.3) is 0 Å². The van der Waals surface area contributed by atoms with Gasteiger partial charge in [0.2, 0.25) is 0 Å². The van der Waals surface area contributed by atoms with Gasteiger partial charge in [-0.1, -0.05) is 46.3 Å². The lowest BCUT2D eigenvalue weighted by Crippen LogP contribution is -2.34. The zero-order valence-corrected chi connectivity index (χ0v) is 8.14. The van der Waals surface area contributed by atoms with Crippen LogP contribution in [0.3, 0.4) is 0 Å². The minimum Gasteiger partial charge on any atom is -0.321 e. The average Bonchev–Trinajstić information content (AvgIpc) is 2.06. The quantitative estimate of drug-likeness (QED) is 0.750. The third kappa shape index (κ3) is 2.04. The SMILES string of the molecule is CC(N)(CBr)c1ccccc1. The fourth-order valence-corrected chi connectivity index (χ4v) is 1.22. The molecule has 0 amide bonds. The van der Waals surface area contributed by atoms with E-state index in [0.29, 0.717) is 0 Å². The van der Waals surface area contributed by atoms with Gasteiger partial charge in [0, 0.05) is 10.9 Å². The molecular formula is C9H12BrN. The first-order valence-corrected chi connectivity index (χ1v) is 4.69. The van der Waals surface area contributed by atoms with Gasteiger partial charge in [-0.25, -0.2) is 0 Å². The summed E-state index contributed by atoms with van der Waals surface area (Å²) in [6.45, 7) is 2.01. The molecule has 0 saturated heterocycles. The monoisotopic (exact) mass is 213 g/mol. The van der Waals surface area contributed by atoms with Gasteiger partial charge in [0.1, 0.15) is 0 Å².